The van der Waals surface area contributed by atoms with Gasteiger partial charge in [-0.1, -0.05) is 43.3 Å². The van der Waals surface area contributed by atoms with Crippen molar-refractivity contribution in [3.8, 4) is 5.75 Å². The number of benzene rings is 2. The van der Waals surface area contributed by atoms with Crippen LogP contribution >= 0.6 is 0 Å². The van der Waals surface area contributed by atoms with Gasteiger partial charge in [-0.3, -0.25) is 0 Å². The first-order chi connectivity index (χ1) is 12.7. The Hall–Kier alpha value is -2.17. The summed E-state index contributed by atoms with van der Waals surface area (Å²) in [5.41, 5.74) is -1.54. The standard InChI is InChI=1S/C23H25FO3/c1-3-22-14-21(2,26)23(27,15-7-5-4-6-8-15)13-16(22)11-20(24)18-12-17(25)9-10-19(18)22/h4-12,16,25-27H,3,13-14H2,1-2H3. The fourth-order valence-corrected chi connectivity index (χ4v) is 5.29. The van der Waals surface area contributed by atoms with Gasteiger partial charge in [0.1, 0.15) is 17.2 Å². The van der Waals surface area contributed by atoms with Gasteiger partial charge in [-0.25, -0.2) is 4.39 Å². The van der Waals surface area contributed by atoms with E-state index in [1.165, 1.54) is 6.07 Å². The Bertz CT molecular complexity index is 905. The van der Waals surface area contributed by atoms with E-state index in [0.29, 0.717) is 24.0 Å². The van der Waals surface area contributed by atoms with Crippen LogP contribution in [-0.2, 0) is 11.0 Å². The van der Waals surface area contributed by atoms with Crippen molar-refractivity contribution in [1.29, 1.82) is 0 Å². The average molecular weight is 368 g/mol. The van der Waals surface area contributed by atoms with E-state index in [9.17, 15) is 19.7 Å². The molecule has 4 unspecified atom stereocenters. The van der Waals surface area contributed by atoms with Crippen LogP contribution in [0.15, 0.2) is 54.6 Å². The Morgan fingerprint density at radius 3 is 2.48 bits per heavy atom. The van der Waals surface area contributed by atoms with Crippen molar-refractivity contribution in [3.05, 3.63) is 71.3 Å². The average Bonchev–Trinajstić information content (AvgIpc) is 2.64. The van der Waals surface area contributed by atoms with Crippen LogP contribution in [0.3, 0.4) is 0 Å². The summed E-state index contributed by atoms with van der Waals surface area (Å²) in [6.07, 6.45) is 2.79. The molecule has 0 amide bonds. The molecule has 0 heterocycles. The number of aromatic hydroxyl groups is 1. The summed E-state index contributed by atoms with van der Waals surface area (Å²) in [5.74, 6) is -0.623. The van der Waals surface area contributed by atoms with Crippen molar-refractivity contribution in [2.75, 3.05) is 0 Å². The minimum atomic E-state index is -1.47. The Labute approximate surface area is 158 Å². The van der Waals surface area contributed by atoms with Gasteiger partial charge >= 0.3 is 0 Å². The SMILES string of the molecule is CCC12CC(C)(O)C(O)(c3ccccc3)CC1C=C(F)c1cc(O)ccc12. The van der Waals surface area contributed by atoms with E-state index >= 15 is 0 Å². The third-order valence-electron chi connectivity index (χ3n) is 6.80. The Morgan fingerprint density at radius 2 is 1.81 bits per heavy atom. The molecular weight excluding hydrogens is 343 g/mol. The molecule has 27 heavy (non-hydrogen) atoms. The largest absolute Gasteiger partial charge is 0.508 e. The number of hydrogen-bond donors (Lipinski definition) is 3. The number of phenols is 1. The molecule has 4 heteroatoms. The minimum absolute atomic E-state index is 0.0189. The molecule has 142 valence electrons. The first-order valence-electron chi connectivity index (χ1n) is 9.45. The van der Waals surface area contributed by atoms with E-state index in [4.69, 9.17) is 0 Å². The maximum atomic E-state index is 14.9. The number of fused-ring (bicyclic) bond motifs is 3. The van der Waals surface area contributed by atoms with Gasteiger partial charge in [-0.2, -0.15) is 0 Å². The molecule has 3 nitrogen and oxygen atoms in total. The maximum absolute atomic E-state index is 14.9. The highest BCUT2D eigenvalue weighted by Gasteiger charge is 2.60. The maximum Gasteiger partial charge on any atom is 0.127 e. The summed E-state index contributed by atoms with van der Waals surface area (Å²) < 4.78 is 14.9. The number of rotatable bonds is 2. The topological polar surface area (TPSA) is 60.7 Å². The van der Waals surface area contributed by atoms with E-state index in [2.05, 4.69) is 0 Å². The predicted molar refractivity (Wildman–Crippen MR) is 103 cm³/mol. The monoisotopic (exact) mass is 368 g/mol. The molecule has 0 spiro atoms. The molecule has 1 fully saturated rings. The lowest BCUT2D eigenvalue weighted by Crippen LogP contribution is -2.61. The summed E-state index contributed by atoms with van der Waals surface area (Å²) in [7, 11) is 0. The summed E-state index contributed by atoms with van der Waals surface area (Å²) in [5, 5.41) is 32.8. The molecule has 0 saturated heterocycles. The lowest BCUT2D eigenvalue weighted by Gasteiger charge is -2.57. The van der Waals surface area contributed by atoms with Gasteiger partial charge in [-0.15, -0.1) is 0 Å². The molecule has 4 rings (SSSR count). The molecule has 2 aromatic rings. The van der Waals surface area contributed by atoms with Gasteiger partial charge in [0.05, 0.1) is 5.60 Å². The molecule has 0 aliphatic heterocycles. The second-order valence-corrected chi connectivity index (χ2v) is 8.24. The van der Waals surface area contributed by atoms with Gasteiger partial charge in [0.2, 0.25) is 0 Å². The van der Waals surface area contributed by atoms with E-state index in [-0.39, 0.29) is 23.9 Å². The Kier molecular flexibility index (Phi) is 3.99. The zero-order valence-corrected chi connectivity index (χ0v) is 15.6. The minimum Gasteiger partial charge on any atom is -0.508 e. The third-order valence-corrected chi connectivity index (χ3v) is 6.80. The molecule has 2 aliphatic carbocycles. The highest BCUT2D eigenvalue weighted by Crippen LogP contribution is 2.60. The molecule has 0 radical (unpaired) electrons. The number of hydrogen-bond acceptors (Lipinski definition) is 3. The molecule has 0 bridgehead atoms. The van der Waals surface area contributed by atoms with Crippen molar-refractivity contribution < 1.29 is 19.7 Å². The highest BCUT2D eigenvalue weighted by molar-refractivity contribution is 5.69. The van der Waals surface area contributed by atoms with Crippen LogP contribution in [-0.4, -0.2) is 20.9 Å². The van der Waals surface area contributed by atoms with Crippen molar-refractivity contribution in [1.82, 2.24) is 0 Å². The molecule has 2 aromatic carbocycles. The van der Waals surface area contributed by atoms with Gasteiger partial charge < -0.3 is 15.3 Å². The molecule has 2 aliphatic rings. The molecule has 3 N–H and O–H groups in total. The van der Waals surface area contributed by atoms with Gasteiger partial charge in [0, 0.05) is 11.0 Å². The van der Waals surface area contributed by atoms with Crippen molar-refractivity contribution >= 4 is 5.83 Å². The van der Waals surface area contributed by atoms with Crippen LogP contribution in [0.2, 0.25) is 0 Å². The fourth-order valence-electron chi connectivity index (χ4n) is 5.29. The Morgan fingerprint density at radius 1 is 1.11 bits per heavy atom. The van der Waals surface area contributed by atoms with Crippen molar-refractivity contribution in [3.63, 3.8) is 0 Å². The summed E-state index contributed by atoms with van der Waals surface area (Å²) in [6.45, 7) is 3.70. The Balaban J connectivity index is 1.89. The molecular formula is C23H25FO3. The number of phenolic OH excluding ortho intramolecular Hbond substituents is 1. The van der Waals surface area contributed by atoms with Crippen LogP contribution in [0, 0.1) is 5.92 Å². The second kappa shape index (κ2) is 5.91. The van der Waals surface area contributed by atoms with E-state index in [0.717, 1.165) is 5.56 Å². The lowest BCUT2D eigenvalue weighted by atomic mass is 9.50. The highest BCUT2D eigenvalue weighted by atomic mass is 19.1. The normalized spacial score (nSPS) is 35.1. The zero-order chi connectivity index (χ0) is 19.4. The molecule has 4 atom stereocenters. The summed E-state index contributed by atoms with van der Waals surface area (Å²) >= 11 is 0. The van der Waals surface area contributed by atoms with Gasteiger partial charge in [-0.05, 0) is 61.4 Å². The van der Waals surface area contributed by atoms with Crippen LogP contribution in [0.4, 0.5) is 4.39 Å². The first kappa shape index (κ1) is 18.2. The number of allylic oxidation sites excluding steroid dienone is 1. The van der Waals surface area contributed by atoms with Crippen LogP contribution in [0.25, 0.3) is 5.83 Å². The first-order valence-corrected chi connectivity index (χ1v) is 9.45. The summed E-state index contributed by atoms with van der Waals surface area (Å²) in [6, 6.07) is 13.9. The van der Waals surface area contributed by atoms with Crippen LogP contribution in [0.1, 0.15) is 49.8 Å². The smallest absolute Gasteiger partial charge is 0.127 e. The summed E-state index contributed by atoms with van der Waals surface area (Å²) in [4.78, 5) is 0. The van der Waals surface area contributed by atoms with Gasteiger partial charge in [0.25, 0.3) is 0 Å². The second-order valence-electron chi connectivity index (χ2n) is 8.24. The number of halogens is 1. The predicted octanol–water partition coefficient (Wildman–Crippen LogP) is 4.41. The van der Waals surface area contributed by atoms with Crippen molar-refractivity contribution in [2.45, 2.75) is 49.7 Å². The number of aliphatic hydroxyl groups is 2. The van der Waals surface area contributed by atoms with E-state index in [1.807, 2.05) is 37.3 Å². The van der Waals surface area contributed by atoms with Crippen LogP contribution in [0.5, 0.6) is 5.75 Å². The van der Waals surface area contributed by atoms with Crippen molar-refractivity contribution in [2.24, 2.45) is 5.92 Å². The zero-order valence-electron chi connectivity index (χ0n) is 15.6. The van der Waals surface area contributed by atoms with E-state index in [1.54, 1.807) is 25.1 Å². The molecule has 0 aromatic heterocycles. The quantitative estimate of drug-likeness (QED) is 0.736. The molecule has 1 saturated carbocycles. The fraction of sp³-hybridized carbons (Fsp3) is 0.391. The van der Waals surface area contributed by atoms with Gasteiger partial charge in [0.15, 0.2) is 0 Å². The van der Waals surface area contributed by atoms with Crippen LogP contribution < -0.4 is 0 Å². The lowest BCUT2D eigenvalue weighted by molar-refractivity contribution is -0.198. The van der Waals surface area contributed by atoms with E-state index < -0.39 is 16.6 Å². The third kappa shape index (κ3) is 2.47.